The molecule has 4 nitrogen and oxygen atoms in total. The second-order valence-corrected chi connectivity index (χ2v) is 4.89. The average molecular weight is 290 g/mol. The predicted molar refractivity (Wildman–Crippen MR) is 83.4 cm³/mol. The van der Waals surface area contributed by atoms with Gasteiger partial charge in [0, 0.05) is 11.6 Å². The standard InChI is InChI=1S/C18H14N2O2/c19-11-13-6-8-14(9-7-13)16(21)12-22-17-5-1-3-15-4-2-10-20-18(15)17/h1-10,16,21H,12H2. The van der Waals surface area contributed by atoms with Gasteiger partial charge in [0.25, 0.3) is 0 Å². The number of hydrogen-bond acceptors (Lipinski definition) is 4. The lowest BCUT2D eigenvalue weighted by atomic mass is 10.1. The van der Waals surface area contributed by atoms with Crippen molar-refractivity contribution in [3.8, 4) is 11.8 Å². The third-order valence-electron chi connectivity index (χ3n) is 3.42. The third kappa shape index (κ3) is 2.90. The van der Waals surface area contributed by atoms with Crippen molar-refractivity contribution in [1.82, 2.24) is 4.98 Å². The van der Waals surface area contributed by atoms with Crippen LogP contribution in [0.25, 0.3) is 10.9 Å². The van der Waals surface area contributed by atoms with Crippen LogP contribution in [-0.4, -0.2) is 16.7 Å². The fourth-order valence-corrected chi connectivity index (χ4v) is 2.24. The number of fused-ring (bicyclic) bond motifs is 1. The summed E-state index contributed by atoms with van der Waals surface area (Å²) in [6.07, 6.45) is 0.957. The molecule has 22 heavy (non-hydrogen) atoms. The van der Waals surface area contributed by atoms with Gasteiger partial charge < -0.3 is 9.84 Å². The van der Waals surface area contributed by atoms with Gasteiger partial charge in [-0.3, -0.25) is 4.98 Å². The van der Waals surface area contributed by atoms with E-state index in [0.717, 1.165) is 10.9 Å². The minimum Gasteiger partial charge on any atom is -0.488 e. The Bertz CT molecular complexity index is 817. The van der Waals surface area contributed by atoms with E-state index in [1.807, 2.05) is 36.4 Å². The van der Waals surface area contributed by atoms with Crippen LogP contribution in [0.1, 0.15) is 17.2 Å². The minimum atomic E-state index is -0.758. The molecular formula is C18H14N2O2. The fraction of sp³-hybridized carbons (Fsp3) is 0.111. The van der Waals surface area contributed by atoms with Crippen molar-refractivity contribution in [3.63, 3.8) is 0 Å². The molecular weight excluding hydrogens is 276 g/mol. The number of rotatable bonds is 4. The summed E-state index contributed by atoms with van der Waals surface area (Å²) in [5.41, 5.74) is 2.05. The zero-order valence-electron chi connectivity index (χ0n) is 11.8. The highest BCUT2D eigenvalue weighted by Gasteiger charge is 2.10. The molecule has 4 heteroatoms. The number of nitrogens with zero attached hydrogens (tertiary/aromatic N) is 2. The molecule has 0 aliphatic carbocycles. The SMILES string of the molecule is N#Cc1ccc(C(O)COc2cccc3cccnc23)cc1. The second-order valence-electron chi connectivity index (χ2n) is 4.89. The van der Waals surface area contributed by atoms with E-state index in [9.17, 15) is 5.11 Å². The minimum absolute atomic E-state index is 0.127. The van der Waals surface area contributed by atoms with E-state index >= 15 is 0 Å². The molecule has 2 aromatic carbocycles. The summed E-state index contributed by atoms with van der Waals surface area (Å²) in [5.74, 6) is 0.644. The van der Waals surface area contributed by atoms with Gasteiger partial charge in [0.15, 0.2) is 0 Å². The Balaban J connectivity index is 1.74. The van der Waals surface area contributed by atoms with E-state index in [1.54, 1.807) is 30.5 Å². The van der Waals surface area contributed by atoms with Gasteiger partial charge in [0.2, 0.25) is 0 Å². The Labute approximate surface area is 128 Å². The van der Waals surface area contributed by atoms with Gasteiger partial charge in [0.1, 0.15) is 24.0 Å². The first-order valence-corrected chi connectivity index (χ1v) is 6.92. The molecule has 3 rings (SSSR count). The number of hydrogen-bond donors (Lipinski definition) is 1. The maximum absolute atomic E-state index is 10.2. The Morgan fingerprint density at radius 2 is 1.86 bits per heavy atom. The molecule has 0 spiro atoms. The number of benzene rings is 2. The first-order chi connectivity index (χ1) is 10.8. The fourth-order valence-electron chi connectivity index (χ4n) is 2.24. The first-order valence-electron chi connectivity index (χ1n) is 6.92. The molecule has 0 saturated heterocycles. The lowest BCUT2D eigenvalue weighted by Crippen LogP contribution is -2.10. The summed E-state index contributed by atoms with van der Waals surface area (Å²) >= 11 is 0. The largest absolute Gasteiger partial charge is 0.488 e. The van der Waals surface area contributed by atoms with Crippen LogP contribution in [0.15, 0.2) is 60.8 Å². The smallest absolute Gasteiger partial charge is 0.145 e. The lowest BCUT2D eigenvalue weighted by Gasteiger charge is -2.13. The number of ether oxygens (including phenoxy) is 1. The molecule has 1 aromatic heterocycles. The molecule has 108 valence electrons. The van der Waals surface area contributed by atoms with Crippen molar-refractivity contribution in [2.75, 3.05) is 6.61 Å². The zero-order chi connectivity index (χ0) is 15.4. The van der Waals surface area contributed by atoms with Crippen molar-refractivity contribution in [3.05, 3.63) is 71.9 Å². The molecule has 1 N–H and O–H groups in total. The molecule has 0 bridgehead atoms. The molecule has 0 aliphatic heterocycles. The van der Waals surface area contributed by atoms with Crippen molar-refractivity contribution in [2.45, 2.75) is 6.10 Å². The molecule has 0 amide bonds. The maximum atomic E-state index is 10.2. The average Bonchev–Trinajstić information content (AvgIpc) is 2.59. The van der Waals surface area contributed by atoms with E-state index in [4.69, 9.17) is 10.00 Å². The molecule has 1 atom stereocenters. The quantitative estimate of drug-likeness (QED) is 0.801. The van der Waals surface area contributed by atoms with E-state index in [0.29, 0.717) is 16.9 Å². The summed E-state index contributed by atoms with van der Waals surface area (Å²) < 4.78 is 5.71. The summed E-state index contributed by atoms with van der Waals surface area (Å²) in [6.45, 7) is 0.127. The van der Waals surface area contributed by atoms with E-state index in [2.05, 4.69) is 4.98 Å². The summed E-state index contributed by atoms with van der Waals surface area (Å²) in [7, 11) is 0. The van der Waals surface area contributed by atoms with Gasteiger partial charge in [-0.25, -0.2) is 0 Å². The molecule has 3 aromatic rings. The topological polar surface area (TPSA) is 66.1 Å². The van der Waals surface area contributed by atoms with Crippen LogP contribution in [0.2, 0.25) is 0 Å². The number of aromatic nitrogens is 1. The summed E-state index contributed by atoms with van der Waals surface area (Å²) in [6, 6.07) is 18.4. The van der Waals surface area contributed by atoms with Gasteiger partial charge in [0.05, 0.1) is 11.6 Å². The monoisotopic (exact) mass is 290 g/mol. The second kappa shape index (κ2) is 6.25. The number of para-hydroxylation sites is 1. The van der Waals surface area contributed by atoms with Crippen LogP contribution in [0.3, 0.4) is 0 Å². The lowest BCUT2D eigenvalue weighted by molar-refractivity contribution is 0.109. The number of aliphatic hydroxyl groups is 1. The summed E-state index contributed by atoms with van der Waals surface area (Å²) in [4.78, 5) is 4.31. The van der Waals surface area contributed by atoms with Crippen LogP contribution >= 0.6 is 0 Å². The summed E-state index contributed by atoms with van der Waals surface area (Å²) in [5, 5.41) is 20.0. The third-order valence-corrected chi connectivity index (χ3v) is 3.42. The normalized spacial score (nSPS) is 11.8. The number of pyridine rings is 1. The Morgan fingerprint density at radius 1 is 1.09 bits per heavy atom. The van der Waals surface area contributed by atoms with Gasteiger partial charge in [-0.2, -0.15) is 5.26 Å². The first kappa shape index (κ1) is 14.1. The van der Waals surface area contributed by atoms with Gasteiger partial charge in [-0.15, -0.1) is 0 Å². The van der Waals surface area contributed by atoms with Crippen LogP contribution in [-0.2, 0) is 0 Å². The maximum Gasteiger partial charge on any atom is 0.145 e. The van der Waals surface area contributed by atoms with Gasteiger partial charge in [-0.05, 0) is 29.8 Å². The van der Waals surface area contributed by atoms with Crippen LogP contribution in [0, 0.1) is 11.3 Å². The highest BCUT2D eigenvalue weighted by molar-refractivity contribution is 5.84. The van der Waals surface area contributed by atoms with Crippen molar-refractivity contribution in [1.29, 1.82) is 5.26 Å². The molecule has 0 radical (unpaired) electrons. The molecule has 0 saturated carbocycles. The number of nitriles is 1. The number of aliphatic hydroxyl groups excluding tert-OH is 1. The Hall–Kier alpha value is -2.90. The van der Waals surface area contributed by atoms with E-state index < -0.39 is 6.10 Å². The van der Waals surface area contributed by atoms with E-state index in [-0.39, 0.29) is 6.61 Å². The van der Waals surface area contributed by atoms with Crippen molar-refractivity contribution >= 4 is 10.9 Å². The highest BCUT2D eigenvalue weighted by Crippen LogP contribution is 2.24. The van der Waals surface area contributed by atoms with Crippen LogP contribution in [0.5, 0.6) is 5.75 Å². The van der Waals surface area contributed by atoms with Gasteiger partial charge >= 0.3 is 0 Å². The predicted octanol–water partition coefficient (Wildman–Crippen LogP) is 3.22. The van der Waals surface area contributed by atoms with Crippen molar-refractivity contribution < 1.29 is 9.84 Å². The Kier molecular flexibility index (Phi) is 3.99. The van der Waals surface area contributed by atoms with Crippen LogP contribution in [0.4, 0.5) is 0 Å². The van der Waals surface area contributed by atoms with Crippen molar-refractivity contribution in [2.24, 2.45) is 0 Å². The highest BCUT2D eigenvalue weighted by atomic mass is 16.5. The van der Waals surface area contributed by atoms with Crippen LogP contribution < -0.4 is 4.74 Å². The Morgan fingerprint density at radius 3 is 2.64 bits per heavy atom. The molecule has 1 heterocycles. The molecule has 1 unspecified atom stereocenters. The van der Waals surface area contributed by atoms with Gasteiger partial charge in [-0.1, -0.05) is 30.3 Å². The molecule has 0 fully saturated rings. The molecule has 0 aliphatic rings. The van der Waals surface area contributed by atoms with E-state index in [1.165, 1.54) is 0 Å². The zero-order valence-corrected chi connectivity index (χ0v) is 11.8.